The molecule has 0 saturated carbocycles. The first kappa shape index (κ1) is 15.1. The van der Waals surface area contributed by atoms with Crippen molar-refractivity contribution >= 4 is 21.4 Å². The van der Waals surface area contributed by atoms with E-state index < -0.39 is 9.84 Å². The van der Waals surface area contributed by atoms with E-state index in [4.69, 9.17) is 0 Å². The minimum atomic E-state index is -3.25. The second kappa shape index (κ2) is 5.57. The normalized spacial score (nSPS) is 11.1. The molecule has 0 radical (unpaired) electrons. The molecule has 0 aliphatic carbocycles. The van der Waals surface area contributed by atoms with Crippen molar-refractivity contribution in [2.24, 2.45) is 0 Å². The van der Waals surface area contributed by atoms with Crippen LogP contribution in [0.5, 0.6) is 5.75 Å². The molecular weight excluding hydrogens is 290 g/mol. The van der Waals surface area contributed by atoms with E-state index in [1.807, 2.05) is 0 Å². The van der Waals surface area contributed by atoms with Gasteiger partial charge in [-0.05, 0) is 55.0 Å². The largest absolute Gasteiger partial charge is 0.508 e. The van der Waals surface area contributed by atoms with E-state index in [1.165, 1.54) is 42.5 Å². The number of rotatable bonds is 3. The minimum absolute atomic E-state index is 0.0987. The number of anilines is 1. The summed E-state index contributed by atoms with van der Waals surface area (Å²) in [4.78, 5) is 12.3. The third kappa shape index (κ3) is 3.61. The van der Waals surface area contributed by atoms with Gasteiger partial charge in [-0.25, -0.2) is 8.42 Å². The molecule has 2 aromatic carbocycles. The number of aryl methyl sites for hydroxylation is 1. The lowest BCUT2D eigenvalue weighted by Gasteiger charge is -2.08. The van der Waals surface area contributed by atoms with Gasteiger partial charge >= 0.3 is 0 Å². The minimum Gasteiger partial charge on any atom is -0.508 e. The van der Waals surface area contributed by atoms with Crippen LogP contribution >= 0.6 is 0 Å². The van der Waals surface area contributed by atoms with Gasteiger partial charge in [-0.1, -0.05) is 0 Å². The number of hydrogen-bond acceptors (Lipinski definition) is 4. The van der Waals surface area contributed by atoms with Gasteiger partial charge in [0.05, 0.1) is 4.90 Å². The molecule has 0 heterocycles. The molecule has 5 nitrogen and oxygen atoms in total. The van der Waals surface area contributed by atoms with Crippen molar-refractivity contribution in [1.82, 2.24) is 0 Å². The summed E-state index contributed by atoms with van der Waals surface area (Å²) in [6.07, 6.45) is 1.13. The Bertz CT molecular complexity index is 780. The molecule has 110 valence electrons. The number of aromatic hydroxyl groups is 1. The Kier molecular flexibility index (Phi) is 3.99. The van der Waals surface area contributed by atoms with Crippen LogP contribution in [0.25, 0.3) is 0 Å². The van der Waals surface area contributed by atoms with Crippen LogP contribution in [0.15, 0.2) is 47.4 Å². The molecular formula is C15H15NO4S. The number of nitrogens with one attached hydrogen (secondary N) is 1. The maximum Gasteiger partial charge on any atom is 0.255 e. The van der Waals surface area contributed by atoms with Crippen molar-refractivity contribution in [3.05, 3.63) is 53.6 Å². The molecule has 0 atom stereocenters. The van der Waals surface area contributed by atoms with Gasteiger partial charge in [0.15, 0.2) is 9.84 Å². The van der Waals surface area contributed by atoms with Crippen molar-refractivity contribution in [3.8, 4) is 5.75 Å². The summed E-state index contributed by atoms with van der Waals surface area (Å²) >= 11 is 0. The molecule has 1 amide bonds. The Balaban J connectivity index is 2.20. The lowest BCUT2D eigenvalue weighted by Crippen LogP contribution is -2.13. The summed E-state index contributed by atoms with van der Waals surface area (Å²) < 4.78 is 22.7. The molecule has 6 heteroatoms. The second-order valence-electron chi connectivity index (χ2n) is 4.75. The van der Waals surface area contributed by atoms with Gasteiger partial charge < -0.3 is 10.4 Å². The number of hydrogen-bond donors (Lipinski definition) is 2. The van der Waals surface area contributed by atoms with Crippen LogP contribution in [0.2, 0.25) is 0 Å². The Morgan fingerprint density at radius 3 is 2.24 bits per heavy atom. The van der Waals surface area contributed by atoms with Crippen LogP contribution in [0.4, 0.5) is 5.69 Å². The van der Waals surface area contributed by atoms with E-state index in [9.17, 15) is 18.3 Å². The van der Waals surface area contributed by atoms with E-state index in [-0.39, 0.29) is 16.6 Å². The maximum absolute atomic E-state index is 12.1. The van der Waals surface area contributed by atoms with Crippen LogP contribution in [-0.2, 0) is 9.84 Å². The monoisotopic (exact) mass is 305 g/mol. The Morgan fingerprint density at radius 1 is 1.10 bits per heavy atom. The molecule has 0 saturated heterocycles. The summed E-state index contributed by atoms with van der Waals surface area (Å²) in [6.45, 7) is 1.72. The summed E-state index contributed by atoms with van der Waals surface area (Å²) in [6, 6.07) is 10.4. The molecule has 0 unspecified atom stereocenters. The number of sulfone groups is 1. The SMILES string of the molecule is Cc1cc(O)ccc1C(=O)Nc1ccc(S(C)(=O)=O)cc1. The predicted octanol–water partition coefficient (Wildman–Crippen LogP) is 2.36. The Morgan fingerprint density at radius 2 is 1.71 bits per heavy atom. The fraction of sp³-hybridized carbons (Fsp3) is 0.133. The zero-order chi connectivity index (χ0) is 15.6. The Labute approximate surface area is 123 Å². The van der Waals surface area contributed by atoms with Crippen molar-refractivity contribution in [1.29, 1.82) is 0 Å². The summed E-state index contributed by atoms with van der Waals surface area (Å²) in [5.41, 5.74) is 1.60. The van der Waals surface area contributed by atoms with E-state index >= 15 is 0 Å². The van der Waals surface area contributed by atoms with Gasteiger partial charge in [-0.15, -0.1) is 0 Å². The fourth-order valence-electron chi connectivity index (χ4n) is 1.89. The lowest BCUT2D eigenvalue weighted by atomic mass is 10.1. The van der Waals surface area contributed by atoms with E-state index in [1.54, 1.807) is 6.92 Å². The zero-order valence-electron chi connectivity index (χ0n) is 11.6. The highest BCUT2D eigenvalue weighted by Gasteiger charge is 2.11. The van der Waals surface area contributed by atoms with Crippen LogP contribution < -0.4 is 5.32 Å². The first-order valence-corrected chi connectivity index (χ1v) is 8.07. The number of carbonyl (C=O) groups is 1. The van der Waals surface area contributed by atoms with Crippen molar-refractivity contribution in [3.63, 3.8) is 0 Å². The third-order valence-corrected chi connectivity index (χ3v) is 4.12. The van der Waals surface area contributed by atoms with Gasteiger partial charge in [0.25, 0.3) is 5.91 Å². The topological polar surface area (TPSA) is 83.5 Å². The quantitative estimate of drug-likeness (QED) is 0.912. The van der Waals surface area contributed by atoms with E-state index in [2.05, 4.69) is 5.32 Å². The number of amides is 1. The van der Waals surface area contributed by atoms with Gasteiger partial charge in [0, 0.05) is 17.5 Å². The summed E-state index contributed by atoms with van der Waals surface area (Å²) in [5.74, 6) is -0.221. The second-order valence-corrected chi connectivity index (χ2v) is 6.77. The zero-order valence-corrected chi connectivity index (χ0v) is 12.4. The Hall–Kier alpha value is -2.34. The first-order chi connectivity index (χ1) is 9.77. The highest BCUT2D eigenvalue weighted by molar-refractivity contribution is 7.90. The van der Waals surface area contributed by atoms with Gasteiger partial charge in [-0.3, -0.25) is 4.79 Å². The van der Waals surface area contributed by atoms with Gasteiger partial charge in [-0.2, -0.15) is 0 Å². The average molecular weight is 305 g/mol. The molecule has 2 N–H and O–H groups in total. The number of benzene rings is 2. The van der Waals surface area contributed by atoms with Crippen LogP contribution in [0.3, 0.4) is 0 Å². The van der Waals surface area contributed by atoms with Gasteiger partial charge in [0.2, 0.25) is 0 Å². The van der Waals surface area contributed by atoms with Crippen LogP contribution in [0, 0.1) is 6.92 Å². The highest BCUT2D eigenvalue weighted by atomic mass is 32.2. The van der Waals surface area contributed by atoms with Crippen LogP contribution in [0.1, 0.15) is 15.9 Å². The first-order valence-electron chi connectivity index (χ1n) is 6.18. The highest BCUT2D eigenvalue weighted by Crippen LogP contribution is 2.18. The summed E-state index contributed by atoms with van der Waals surface area (Å²) in [5, 5.41) is 12.0. The molecule has 0 aromatic heterocycles. The number of carbonyl (C=O) groups excluding carboxylic acids is 1. The standard InChI is InChI=1S/C15H15NO4S/c1-10-9-12(17)5-8-14(10)15(18)16-11-3-6-13(7-4-11)21(2,19)20/h3-9,17H,1-2H3,(H,16,18). The average Bonchev–Trinajstić information content (AvgIpc) is 2.38. The molecule has 2 aromatic rings. The van der Waals surface area contributed by atoms with Gasteiger partial charge in [0.1, 0.15) is 5.75 Å². The van der Waals surface area contributed by atoms with E-state index in [0.717, 1.165) is 6.26 Å². The molecule has 0 spiro atoms. The van der Waals surface area contributed by atoms with E-state index in [0.29, 0.717) is 16.8 Å². The smallest absolute Gasteiger partial charge is 0.255 e. The van der Waals surface area contributed by atoms with Crippen molar-refractivity contribution in [2.75, 3.05) is 11.6 Å². The van der Waals surface area contributed by atoms with Crippen molar-refractivity contribution < 1.29 is 18.3 Å². The molecule has 2 rings (SSSR count). The molecule has 0 fully saturated rings. The third-order valence-electron chi connectivity index (χ3n) is 2.99. The summed E-state index contributed by atoms with van der Waals surface area (Å²) in [7, 11) is -3.25. The molecule has 0 bridgehead atoms. The van der Waals surface area contributed by atoms with Crippen LogP contribution in [-0.4, -0.2) is 25.7 Å². The maximum atomic E-state index is 12.1. The molecule has 21 heavy (non-hydrogen) atoms. The number of phenolic OH excluding ortho intramolecular Hbond substituents is 1. The molecule has 0 aliphatic heterocycles. The number of phenols is 1. The molecule has 0 aliphatic rings. The lowest BCUT2D eigenvalue weighted by molar-refractivity contribution is 0.102. The fourth-order valence-corrected chi connectivity index (χ4v) is 2.52. The predicted molar refractivity (Wildman–Crippen MR) is 80.3 cm³/mol. The van der Waals surface area contributed by atoms with Crippen molar-refractivity contribution in [2.45, 2.75) is 11.8 Å².